The zero-order valence-electron chi connectivity index (χ0n) is 11.1. The van der Waals surface area contributed by atoms with Crippen LogP contribution in [0.4, 0.5) is 0 Å². The van der Waals surface area contributed by atoms with Crippen molar-refractivity contribution in [2.45, 2.75) is 43.8 Å². The molecule has 0 amide bonds. The first kappa shape index (κ1) is 16.9. The molecule has 1 fully saturated rings. The minimum atomic E-state index is -2.05. The Kier molecular flexibility index (Phi) is 5.49. The Morgan fingerprint density at radius 1 is 1.10 bits per heavy atom. The van der Waals surface area contributed by atoms with E-state index >= 15 is 0 Å². The van der Waals surface area contributed by atoms with Crippen LogP contribution < -0.4 is 0 Å². The summed E-state index contributed by atoms with van der Waals surface area (Å²) in [6.07, 6.45) is -3.58. The van der Waals surface area contributed by atoms with Gasteiger partial charge >= 0.3 is 17.9 Å². The molecule has 0 saturated carbocycles. The van der Waals surface area contributed by atoms with Crippen molar-refractivity contribution in [2.24, 2.45) is 0 Å². The fourth-order valence-electron chi connectivity index (χ4n) is 1.74. The predicted molar refractivity (Wildman–Crippen MR) is 66.5 cm³/mol. The van der Waals surface area contributed by atoms with E-state index in [1.54, 1.807) is 0 Å². The Labute approximate surface area is 123 Å². The summed E-state index contributed by atoms with van der Waals surface area (Å²) in [5, 5.41) is 10.0. The molecule has 1 aliphatic rings. The largest absolute Gasteiger partial charge is 0.456 e. The van der Waals surface area contributed by atoms with Crippen LogP contribution in [0.15, 0.2) is 0 Å². The maximum Gasteiger partial charge on any atom is 0.303 e. The van der Waals surface area contributed by atoms with Crippen molar-refractivity contribution in [3.05, 3.63) is 0 Å². The molecule has 20 heavy (non-hydrogen) atoms. The lowest BCUT2D eigenvalue weighted by Gasteiger charge is -2.42. The van der Waals surface area contributed by atoms with E-state index in [0.29, 0.717) is 0 Å². The van der Waals surface area contributed by atoms with Gasteiger partial charge < -0.3 is 24.1 Å². The molecule has 0 aromatic carbocycles. The van der Waals surface area contributed by atoms with Gasteiger partial charge in [0.15, 0.2) is 12.2 Å². The van der Waals surface area contributed by atoms with Gasteiger partial charge in [0.25, 0.3) is 4.70 Å². The number of hydrogen-bond donors (Lipinski definition) is 1. The van der Waals surface area contributed by atoms with Crippen LogP contribution in [0.3, 0.4) is 0 Å². The zero-order chi connectivity index (χ0) is 15.5. The molecular formula is C11H15BrO8. The molecule has 1 N–H and O–H groups in total. The van der Waals surface area contributed by atoms with E-state index in [2.05, 4.69) is 15.9 Å². The highest BCUT2D eigenvalue weighted by Crippen LogP contribution is 2.34. The molecule has 1 heterocycles. The molecule has 4 atom stereocenters. The minimum Gasteiger partial charge on any atom is -0.456 e. The lowest BCUT2D eigenvalue weighted by Crippen LogP contribution is -2.61. The molecule has 0 radical (unpaired) electrons. The highest BCUT2D eigenvalue weighted by atomic mass is 79.9. The van der Waals surface area contributed by atoms with Crippen molar-refractivity contribution in [1.29, 1.82) is 0 Å². The standard InChI is InChI=1S/C11H15BrO8/c1-5(13)18-8-4-17-11(12,16)10(20-7(3)15)9(8)19-6(2)14/h8-10,16H,4H2,1-3H3/t8-,9+,10-,11?/m1/s1. The van der Waals surface area contributed by atoms with Gasteiger partial charge in [-0.25, -0.2) is 0 Å². The first-order chi connectivity index (χ1) is 9.13. The van der Waals surface area contributed by atoms with E-state index in [1.807, 2.05) is 0 Å². The van der Waals surface area contributed by atoms with Gasteiger partial charge in [-0.15, -0.1) is 0 Å². The van der Waals surface area contributed by atoms with Crippen LogP contribution in [0.2, 0.25) is 0 Å². The van der Waals surface area contributed by atoms with Crippen LogP contribution in [-0.4, -0.2) is 52.6 Å². The summed E-state index contributed by atoms with van der Waals surface area (Å²) < 4.78 is 17.8. The molecule has 0 spiro atoms. The van der Waals surface area contributed by atoms with Crippen molar-refractivity contribution in [1.82, 2.24) is 0 Å². The van der Waals surface area contributed by atoms with Crippen molar-refractivity contribution in [2.75, 3.05) is 6.61 Å². The summed E-state index contributed by atoms with van der Waals surface area (Å²) in [6, 6.07) is 0. The van der Waals surface area contributed by atoms with Crippen LogP contribution in [0.25, 0.3) is 0 Å². The normalized spacial score (nSPS) is 33.1. The van der Waals surface area contributed by atoms with E-state index in [-0.39, 0.29) is 6.61 Å². The second kappa shape index (κ2) is 6.51. The van der Waals surface area contributed by atoms with Crippen LogP contribution in [0.1, 0.15) is 20.8 Å². The van der Waals surface area contributed by atoms with Crippen LogP contribution >= 0.6 is 15.9 Å². The summed E-state index contributed by atoms with van der Waals surface area (Å²) in [6.45, 7) is 3.18. The Balaban J connectivity index is 3.02. The molecule has 0 bridgehead atoms. The second-order valence-electron chi connectivity index (χ2n) is 4.17. The van der Waals surface area contributed by atoms with Gasteiger partial charge in [0.05, 0.1) is 6.61 Å². The van der Waals surface area contributed by atoms with Crippen molar-refractivity contribution < 1.29 is 38.4 Å². The average molecular weight is 355 g/mol. The van der Waals surface area contributed by atoms with Crippen LogP contribution in [0.5, 0.6) is 0 Å². The summed E-state index contributed by atoms with van der Waals surface area (Å²) in [5.74, 6) is -2.04. The van der Waals surface area contributed by atoms with Gasteiger partial charge in [0, 0.05) is 20.8 Å². The molecule has 1 unspecified atom stereocenters. The molecule has 8 nitrogen and oxygen atoms in total. The maximum absolute atomic E-state index is 11.1. The smallest absolute Gasteiger partial charge is 0.303 e. The lowest BCUT2D eigenvalue weighted by molar-refractivity contribution is -0.280. The molecule has 0 aromatic heterocycles. The Morgan fingerprint density at radius 3 is 2.05 bits per heavy atom. The van der Waals surface area contributed by atoms with Crippen molar-refractivity contribution in [3.8, 4) is 0 Å². The monoisotopic (exact) mass is 354 g/mol. The van der Waals surface area contributed by atoms with E-state index in [1.165, 1.54) is 6.92 Å². The number of aliphatic hydroxyl groups is 1. The summed E-state index contributed by atoms with van der Waals surface area (Å²) in [7, 11) is 0. The van der Waals surface area contributed by atoms with E-state index in [0.717, 1.165) is 13.8 Å². The SMILES string of the molecule is CC(=O)O[C@@H]1[C@@H](OC(C)=O)C(O)(Br)OC[C@H]1OC(C)=O. The molecule has 1 saturated heterocycles. The third kappa shape index (κ3) is 4.43. The van der Waals surface area contributed by atoms with Gasteiger partial charge in [-0.1, -0.05) is 0 Å². The number of alkyl halides is 1. The second-order valence-corrected chi connectivity index (χ2v) is 5.31. The van der Waals surface area contributed by atoms with Gasteiger partial charge in [-0.05, 0) is 15.9 Å². The molecule has 1 aliphatic heterocycles. The summed E-state index contributed by atoms with van der Waals surface area (Å²) in [5.41, 5.74) is 0. The van der Waals surface area contributed by atoms with Crippen molar-refractivity contribution in [3.63, 3.8) is 0 Å². The van der Waals surface area contributed by atoms with Gasteiger partial charge in [0.1, 0.15) is 0 Å². The minimum absolute atomic E-state index is 0.239. The quantitative estimate of drug-likeness (QED) is 0.423. The fraction of sp³-hybridized carbons (Fsp3) is 0.727. The predicted octanol–water partition coefficient (Wildman–Crippen LogP) is -0.147. The number of halogens is 1. The Morgan fingerprint density at radius 2 is 1.60 bits per heavy atom. The van der Waals surface area contributed by atoms with Crippen molar-refractivity contribution >= 4 is 33.8 Å². The first-order valence-electron chi connectivity index (χ1n) is 5.70. The number of esters is 3. The fourth-order valence-corrected chi connectivity index (χ4v) is 2.22. The lowest BCUT2D eigenvalue weighted by atomic mass is 10.0. The van der Waals surface area contributed by atoms with Gasteiger partial charge in [-0.2, -0.15) is 0 Å². The van der Waals surface area contributed by atoms with E-state index in [9.17, 15) is 19.5 Å². The number of rotatable bonds is 3. The molecule has 1 rings (SSSR count). The van der Waals surface area contributed by atoms with Gasteiger partial charge in [-0.3, -0.25) is 14.4 Å². The molecule has 0 aliphatic carbocycles. The highest BCUT2D eigenvalue weighted by Gasteiger charge is 2.54. The Bertz CT molecular complexity index is 407. The Hall–Kier alpha value is -1.19. The molecule has 9 heteroatoms. The van der Waals surface area contributed by atoms with Crippen LogP contribution in [-0.2, 0) is 33.3 Å². The van der Waals surface area contributed by atoms with E-state index in [4.69, 9.17) is 18.9 Å². The van der Waals surface area contributed by atoms with Crippen LogP contribution in [0, 0.1) is 0 Å². The average Bonchev–Trinajstić information content (AvgIpc) is 2.26. The number of carbonyl (C=O) groups excluding carboxylic acids is 3. The molecular weight excluding hydrogens is 340 g/mol. The zero-order valence-corrected chi connectivity index (χ0v) is 12.7. The first-order valence-corrected chi connectivity index (χ1v) is 6.49. The number of ether oxygens (including phenoxy) is 4. The molecule has 114 valence electrons. The summed E-state index contributed by atoms with van der Waals surface area (Å²) in [4.78, 5) is 33.3. The maximum atomic E-state index is 11.1. The molecule has 0 aromatic rings. The number of carbonyl (C=O) groups is 3. The third-order valence-electron chi connectivity index (χ3n) is 2.38. The number of hydrogen-bond acceptors (Lipinski definition) is 8. The topological polar surface area (TPSA) is 108 Å². The summed E-state index contributed by atoms with van der Waals surface area (Å²) >= 11 is 2.84. The third-order valence-corrected chi connectivity index (χ3v) is 3.06. The van der Waals surface area contributed by atoms with E-state index < -0.39 is 40.9 Å². The van der Waals surface area contributed by atoms with Gasteiger partial charge in [0.2, 0.25) is 6.10 Å². The highest BCUT2D eigenvalue weighted by molar-refractivity contribution is 9.10.